The average Bonchev–Trinajstić information content (AvgIpc) is 2.27. The molecule has 0 amide bonds. The zero-order chi connectivity index (χ0) is 12.9. The van der Waals surface area contributed by atoms with Gasteiger partial charge in [0.05, 0.1) is 6.61 Å². The zero-order valence-corrected chi connectivity index (χ0v) is 11.6. The van der Waals surface area contributed by atoms with Crippen molar-refractivity contribution in [2.75, 3.05) is 18.5 Å². The van der Waals surface area contributed by atoms with Crippen LogP contribution in [0, 0.1) is 11.3 Å². The summed E-state index contributed by atoms with van der Waals surface area (Å²) < 4.78 is 5.37. The van der Waals surface area contributed by atoms with Crippen molar-refractivity contribution in [3.63, 3.8) is 0 Å². The molecule has 1 aromatic rings. The second-order valence-electron chi connectivity index (χ2n) is 5.29. The van der Waals surface area contributed by atoms with Crippen molar-refractivity contribution in [2.24, 2.45) is 11.3 Å². The Bertz CT molecular complexity index is 348. The van der Waals surface area contributed by atoms with Gasteiger partial charge in [-0.25, -0.2) is 0 Å². The number of hydrogen-bond donors (Lipinski definition) is 1. The van der Waals surface area contributed by atoms with Gasteiger partial charge < -0.3 is 10.1 Å². The highest BCUT2D eigenvalue weighted by atomic mass is 16.5. The Morgan fingerprint density at radius 1 is 1.35 bits per heavy atom. The minimum absolute atomic E-state index is 0.253. The van der Waals surface area contributed by atoms with E-state index in [2.05, 4.69) is 38.0 Å². The predicted molar refractivity (Wildman–Crippen MR) is 72.5 cm³/mol. The molecule has 17 heavy (non-hydrogen) atoms. The SMILES string of the molecule is CCOc1cccc(NCC(C)(C)C(C)C)n1. The molecule has 3 heteroatoms. The first-order chi connectivity index (χ1) is 7.95. The summed E-state index contributed by atoms with van der Waals surface area (Å²) in [5, 5.41) is 3.37. The predicted octanol–water partition coefficient (Wildman–Crippen LogP) is 3.57. The third-order valence-electron chi connectivity index (χ3n) is 3.30. The molecule has 0 atom stereocenters. The largest absolute Gasteiger partial charge is 0.478 e. The average molecular weight is 236 g/mol. The molecular formula is C14H24N2O. The summed E-state index contributed by atoms with van der Waals surface area (Å²) in [6, 6.07) is 5.81. The lowest BCUT2D eigenvalue weighted by Crippen LogP contribution is -2.28. The van der Waals surface area contributed by atoms with Crippen LogP contribution in [0.5, 0.6) is 5.88 Å². The monoisotopic (exact) mass is 236 g/mol. The van der Waals surface area contributed by atoms with Crippen LogP contribution in [-0.2, 0) is 0 Å². The fourth-order valence-electron chi connectivity index (χ4n) is 1.26. The standard InChI is InChI=1S/C14H24N2O/c1-6-17-13-9-7-8-12(16-13)15-10-14(4,5)11(2)3/h7-9,11H,6,10H2,1-5H3,(H,15,16). The highest BCUT2D eigenvalue weighted by molar-refractivity contribution is 5.37. The fraction of sp³-hybridized carbons (Fsp3) is 0.643. The summed E-state index contributed by atoms with van der Waals surface area (Å²) in [6.45, 7) is 12.5. The van der Waals surface area contributed by atoms with E-state index in [0.29, 0.717) is 18.4 Å². The molecule has 0 aromatic carbocycles. The Hall–Kier alpha value is -1.25. The maximum atomic E-state index is 5.37. The Balaban J connectivity index is 2.60. The first-order valence-electron chi connectivity index (χ1n) is 6.29. The van der Waals surface area contributed by atoms with Crippen LogP contribution in [0.15, 0.2) is 18.2 Å². The number of ether oxygens (including phenoxy) is 1. The van der Waals surface area contributed by atoms with Crippen LogP contribution in [-0.4, -0.2) is 18.1 Å². The molecule has 1 aromatic heterocycles. The van der Waals surface area contributed by atoms with E-state index in [9.17, 15) is 0 Å². The summed E-state index contributed by atoms with van der Waals surface area (Å²) >= 11 is 0. The molecule has 0 radical (unpaired) electrons. The molecule has 3 nitrogen and oxygen atoms in total. The molecule has 0 aliphatic carbocycles. The molecule has 1 rings (SSSR count). The van der Waals surface area contributed by atoms with Crippen LogP contribution < -0.4 is 10.1 Å². The number of rotatable bonds is 6. The molecule has 96 valence electrons. The third-order valence-corrected chi connectivity index (χ3v) is 3.30. The van der Waals surface area contributed by atoms with Crippen LogP contribution in [0.1, 0.15) is 34.6 Å². The normalized spacial score (nSPS) is 11.6. The van der Waals surface area contributed by atoms with Crippen molar-refractivity contribution in [3.05, 3.63) is 18.2 Å². The smallest absolute Gasteiger partial charge is 0.215 e. The van der Waals surface area contributed by atoms with Gasteiger partial charge in [-0.15, -0.1) is 0 Å². The van der Waals surface area contributed by atoms with Crippen LogP contribution in [0.25, 0.3) is 0 Å². The number of aromatic nitrogens is 1. The molecule has 0 aliphatic heterocycles. The van der Waals surface area contributed by atoms with Gasteiger partial charge in [-0.1, -0.05) is 33.8 Å². The second kappa shape index (κ2) is 5.89. The minimum atomic E-state index is 0.253. The Kier molecular flexibility index (Phi) is 4.79. The number of pyridine rings is 1. The Morgan fingerprint density at radius 2 is 2.06 bits per heavy atom. The molecule has 0 spiro atoms. The zero-order valence-electron chi connectivity index (χ0n) is 11.6. The molecule has 0 bridgehead atoms. The summed E-state index contributed by atoms with van der Waals surface area (Å²) in [5.74, 6) is 2.19. The lowest BCUT2D eigenvalue weighted by atomic mass is 9.81. The molecule has 1 heterocycles. The summed E-state index contributed by atoms with van der Waals surface area (Å²) in [4.78, 5) is 4.39. The van der Waals surface area contributed by atoms with Crippen LogP contribution in [0.4, 0.5) is 5.82 Å². The van der Waals surface area contributed by atoms with Crippen molar-refractivity contribution in [2.45, 2.75) is 34.6 Å². The van der Waals surface area contributed by atoms with Gasteiger partial charge in [0.25, 0.3) is 0 Å². The van der Waals surface area contributed by atoms with Crippen LogP contribution >= 0.6 is 0 Å². The molecule has 0 fully saturated rings. The fourth-order valence-corrected chi connectivity index (χ4v) is 1.26. The van der Waals surface area contributed by atoms with E-state index in [4.69, 9.17) is 4.74 Å². The number of nitrogens with zero attached hydrogens (tertiary/aromatic N) is 1. The van der Waals surface area contributed by atoms with E-state index in [1.807, 2.05) is 25.1 Å². The van der Waals surface area contributed by atoms with Crippen molar-refractivity contribution >= 4 is 5.82 Å². The molecule has 0 unspecified atom stereocenters. The van der Waals surface area contributed by atoms with Crippen LogP contribution in [0.3, 0.4) is 0 Å². The maximum Gasteiger partial charge on any atom is 0.215 e. The Morgan fingerprint density at radius 3 is 2.65 bits per heavy atom. The third kappa shape index (κ3) is 4.25. The van der Waals surface area contributed by atoms with Crippen molar-refractivity contribution < 1.29 is 4.74 Å². The topological polar surface area (TPSA) is 34.1 Å². The van der Waals surface area contributed by atoms with Gasteiger partial charge in [0.15, 0.2) is 0 Å². The van der Waals surface area contributed by atoms with E-state index in [0.717, 1.165) is 12.4 Å². The van der Waals surface area contributed by atoms with Gasteiger partial charge in [0.2, 0.25) is 5.88 Å². The van der Waals surface area contributed by atoms with Gasteiger partial charge in [-0.2, -0.15) is 4.98 Å². The van der Waals surface area contributed by atoms with E-state index in [-0.39, 0.29) is 5.41 Å². The lowest BCUT2D eigenvalue weighted by molar-refractivity contribution is 0.269. The van der Waals surface area contributed by atoms with E-state index >= 15 is 0 Å². The maximum absolute atomic E-state index is 5.37. The first-order valence-corrected chi connectivity index (χ1v) is 6.29. The minimum Gasteiger partial charge on any atom is -0.478 e. The van der Waals surface area contributed by atoms with Gasteiger partial charge in [0.1, 0.15) is 5.82 Å². The van der Waals surface area contributed by atoms with Gasteiger partial charge in [-0.05, 0) is 24.3 Å². The molecule has 0 saturated carbocycles. The summed E-state index contributed by atoms with van der Waals surface area (Å²) in [5.41, 5.74) is 0.253. The highest BCUT2D eigenvalue weighted by Crippen LogP contribution is 2.26. The number of nitrogens with one attached hydrogen (secondary N) is 1. The quantitative estimate of drug-likeness (QED) is 0.819. The van der Waals surface area contributed by atoms with E-state index in [1.54, 1.807) is 0 Å². The summed E-state index contributed by atoms with van der Waals surface area (Å²) in [6.07, 6.45) is 0. The van der Waals surface area contributed by atoms with Gasteiger partial charge in [0, 0.05) is 12.6 Å². The van der Waals surface area contributed by atoms with Gasteiger partial charge >= 0.3 is 0 Å². The Labute approximate surface area is 105 Å². The van der Waals surface area contributed by atoms with E-state index in [1.165, 1.54) is 0 Å². The van der Waals surface area contributed by atoms with Crippen molar-refractivity contribution in [3.8, 4) is 5.88 Å². The molecular weight excluding hydrogens is 212 g/mol. The first kappa shape index (κ1) is 13.8. The molecule has 0 saturated heterocycles. The summed E-state index contributed by atoms with van der Waals surface area (Å²) in [7, 11) is 0. The number of hydrogen-bond acceptors (Lipinski definition) is 3. The lowest BCUT2D eigenvalue weighted by Gasteiger charge is -2.29. The number of anilines is 1. The van der Waals surface area contributed by atoms with Crippen molar-refractivity contribution in [1.29, 1.82) is 0 Å². The van der Waals surface area contributed by atoms with Gasteiger partial charge in [-0.3, -0.25) is 0 Å². The highest BCUT2D eigenvalue weighted by Gasteiger charge is 2.21. The molecule has 0 aliphatic rings. The van der Waals surface area contributed by atoms with E-state index < -0.39 is 0 Å². The molecule has 1 N–H and O–H groups in total. The van der Waals surface area contributed by atoms with Crippen LogP contribution in [0.2, 0.25) is 0 Å². The van der Waals surface area contributed by atoms with Crippen molar-refractivity contribution in [1.82, 2.24) is 4.98 Å². The second-order valence-corrected chi connectivity index (χ2v) is 5.29.